The molecule has 0 aliphatic rings. The van der Waals surface area contributed by atoms with E-state index in [0.717, 1.165) is 5.56 Å². The third-order valence-corrected chi connectivity index (χ3v) is 2.47. The summed E-state index contributed by atoms with van der Waals surface area (Å²) in [7, 11) is -1.81. The Balaban J connectivity index is 2.22. The van der Waals surface area contributed by atoms with E-state index in [1.807, 2.05) is 12.1 Å². The molecule has 0 saturated heterocycles. The number of nitrogens with one attached hydrogen (secondary N) is 2. The maximum atomic E-state index is 11.2. The number of carbonyl (C=O) groups is 1. The molecule has 0 heterocycles. The van der Waals surface area contributed by atoms with Gasteiger partial charge in [-0.2, -0.15) is 0 Å². The van der Waals surface area contributed by atoms with Crippen molar-refractivity contribution >= 4 is 13.2 Å². The van der Waals surface area contributed by atoms with Crippen molar-refractivity contribution in [3.63, 3.8) is 0 Å². The van der Waals surface area contributed by atoms with Gasteiger partial charge in [-0.1, -0.05) is 18.7 Å². The smallest absolute Gasteiger partial charge is 0.512 e. The van der Waals surface area contributed by atoms with Crippen molar-refractivity contribution in [3.8, 4) is 5.75 Å². The summed E-state index contributed by atoms with van der Waals surface area (Å²) in [5, 5.41) is 23.2. The van der Waals surface area contributed by atoms with Gasteiger partial charge in [0.1, 0.15) is 5.75 Å². The van der Waals surface area contributed by atoms with E-state index in [2.05, 4.69) is 17.2 Å². The van der Waals surface area contributed by atoms with Crippen LogP contribution >= 0.6 is 0 Å². The second kappa shape index (κ2) is 8.37. The first kappa shape index (κ1) is 16.2. The monoisotopic (exact) mass is 278 g/mol. The zero-order valence-corrected chi connectivity index (χ0v) is 11.4. The molecule has 1 aromatic carbocycles. The molecule has 0 aliphatic heterocycles. The van der Waals surface area contributed by atoms with Gasteiger partial charge < -0.3 is 25.3 Å². The number of amides is 1. The standard InChI is InChI=1S/C13H19BN2O4/c1-10(2)13(17)16-8-7-15-9-11-3-5-12(6-4-11)20-14(18)19/h3-6,15,18-19H,1,7-9H2,2H3,(H,16,17). The fourth-order valence-electron chi connectivity index (χ4n) is 1.46. The average Bonchev–Trinajstić information content (AvgIpc) is 2.39. The Morgan fingerprint density at radius 3 is 2.50 bits per heavy atom. The Hall–Kier alpha value is -1.83. The SMILES string of the molecule is C=C(C)C(=O)NCCNCc1ccc(OB(O)O)cc1. The number of rotatable bonds is 8. The van der Waals surface area contributed by atoms with Gasteiger partial charge >= 0.3 is 7.32 Å². The maximum absolute atomic E-state index is 11.2. The van der Waals surface area contributed by atoms with Gasteiger partial charge in [0.05, 0.1) is 0 Å². The first-order valence-electron chi connectivity index (χ1n) is 6.25. The highest BCUT2D eigenvalue weighted by molar-refractivity contribution is 6.33. The zero-order chi connectivity index (χ0) is 15.0. The van der Waals surface area contributed by atoms with Gasteiger partial charge in [-0.3, -0.25) is 4.79 Å². The Kier molecular flexibility index (Phi) is 6.79. The van der Waals surface area contributed by atoms with E-state index in [-0.39, 0.29) is 5.91 Å². The Bertz CT molecular complexity index is 448. The van der Waals surface area contributed by atoms with E-state index in [1.54, 1.807) is 19.1 Å². The number of benzene rings is 1. The quantitative estimate of drug-likeness (QED) is 0.301. The van der Waals surface area contributed by atoms with Gasteiger partial charge in [-0.25, -0.2) is 0 Å². The summed E-state index contributed by atoms with van der Waals surface area (Å²) in [6.07, 6.45) is 0. The molecule has 4 N–H and O–H groups in total. The molecular formula is C13H19BN2O4. The molecule has 0 atom stereocenters. The van der Waals surface area contributed by atoms with Crippen LogP contribution in [0.2, 0.25) is 0 Å². The van der Waals surface area contributed by atoms with Crippen molar-refractivity contribution in [1.82, 2.24) is 10.6 Å². The third kappa shape index (κ3) is 6.37. The molecule has 1 aromatic rings. The molecule has 7 heteroatoms. The highest BCUT2D eigenvalue weighted by Gasteiger charge is 2.10. The van der Waals surface area contributed by atoms with Crippen molar-refractivity contribution in [2.75, 3.05) is 13.1 Å². The third-order valence-electron chi connectivity index (χ3n) is 2.47. The Morgan fingerprint density at radius 1 is 1.30 bits per heavy atom. The second-order valence-electron chi connectivity index (χ2n) is 4.30. The van der Waals surface area contributed by atoms with Crippen molar-refractivity contribution in [1.29, 1.82) is 0 Å². The van der Waals surface area contributed by atoms with Crippen LogP contribution in [0.1, 0.15) is 12.5 Å². The summed E-state index contributed by atoms with van der Waals surface area (Å²) in [5.41, 5.74) is 1.52. The normalized spacial score (nSPS) is 9.95. The molecule has 1 amide bonds. The lowest BCUT2D eigenvalue weighted by Gasteiger charge is -2.08. The Labute approximate surface area is 118 Å². The van der Waals surface area contributed by atoms with E-state index in [1.165, 1.54) is 0 Å². The van der Waals surface area contributed by atoms with Crippen molar-refractivity contribution < 1.29 is 19.5 Å². The van der Waals surface area contributed by atoms with Gasteiger partial charge in [0.2, 0.25) is 5.91 Å². The van der Waals surface area contributed by atoms with Crippen LogP contribution in [0.25, 0.3) is 0 Å². The van der Waals surface area contributed by atoms with Crippen molar-refractivity contribution in [3.05, 3.63) is 42.0 Å². The van der Waals surface area contributed by atoms with Gasteiger partial charge in [0, 0.05) is 25.2 Å². The van der Waals surface area contributed by atoms with Crippen LogP contribution in [-0.4, -0.2) is 36.4 Å². The molecule has 0 aliphatic carbocycles. The molecule has 6 nitrogen and oxygen atoms in total. The topological polar surface area (TPSA) is 90.8 Å². The average molecular weight is 278 g/mol. The molecule has 0 bridgehead atoms. The maximum Gasteiger partial charge on any atom is 0.707 e. The van der Waals surface area contributed by atoms with Crippen LogP contribution < -0.4 is 15.3 Å². The van der Waals surface area contributed by atoms with Crippen LogP contribution in [0.4, 0.5) is 0 Å². The molecule has 20 heavy (non-hydrogen) atoms. The summed E-state index contributed by atoms with van der Waals surface area (Å²) in [5.74, 6) is 0.244. The summed E-state index contributed by atoms with van der Waals surface area (Å²) in [4.78, 5) is 11.2. The molecule has 0 aromatic heterocycles. The molecule has 1 rings (SSSR count). The van der Waals surface area contributed by atoms with E-state index in [0.29, 0.717) is 31.0 Å². The number of carbonyl (C=O) groups excluding carboxylic acids is 1. The van der Waals surface area contributed by atoms with E-state index >= 15 is 0 Å². The van der Waals surface area contributed by atoms with E-state index in [9.17, 15) is 4.79 Å². The van der Waals surface area contributed by atoms with Gasteiger partial charge in [0.25, 0.3) is 0 Å². The summed E-state index contributed by atoms with van der Waals surface area (Å²) in [6, 6.07) is 6.94. The summed E-state index contributed by atoms with van der Waals surface area (Å²) >= 11 is 0. The predicted molar refractivity (Wildman–Crippen MR) is 76.8 cm³/mol. The van der Waals surface area contributed by atoms with E-state index in [4.69, 9.17) is 14.7 Å². The summed E-state index contributed by atoms with van der Waals surface area (Å²) in [6.45, 7) is 7.03. The second-order valence-corrected chi connectivity index (χ2v) is 4.30. The minimum Gasteiger partial charge on any atom is -0.512 e. The molecule has 0 radical (unpaired) electrons. The largest absolute Gasteiger partial charge is 0.707 e. The van der Waals surface area contributed by atoms with Gasteiger partial charge in [-0.05, 0) is 24.6 Å². The van der Waals surface area contributed by atoms with Crippen LogP contribution in [0.5, 0.6) is 5.75 Å². The molecule has 0 unspecified atom stereocenters. The van der Waals surface area contributed by atoms with Crippen LogP contribution in [-0.2, 0) is 11.3 Å². The molecule has 0 spiro atoms. The molecule has 108 valence electrons. The molecule has 0 saturated carbocycles. The fourth-order valence-corrected chi connectivity index (χ4v) is 1.46. The number of hydrogen-bond acceptors (Lipinski definition) is 5. The van der Waals surface area contributed by atoms with E-state index < -0.39 is 7.32 Å². The lowest BCUT2D eigenvalue weighted by atomic mass is 10.2. The highest BCUT2D eigenvalue weighted by Crippen LogP contribution is 2.12. The zero-order valence-electron chi connectivity index (χ0n) is 11.4. The first-order chi connectivity index (χ1) is 9.49. The van der Waals surface area contributed by atoms with Crippen LogP contribution in [0.3, 0.4) is 0 Å². The van der Waals surface area contributed by atoms with Crippen LogP contribution in [0, 0.1) is 0 Å². The van der Waals surface area contributed by atoms with Gasteiger partial charge in [0.15, 0.2) is 0 Å². The Morgan fingerprint density at radius 2 is 1.95 bits per heavy atom. The molecular weight excluding hydrogens is 259 g/mol. The van der Waals surface area contributed by atoms with Crippen LogP contribution in [0.15, 0.2) is 36.4 Å². The van der Waals surface area contributed by atoms with Crippen molar-refractivity contribution in [2.24, 2.45) is 0 Å². The lowest BCUT2D eigenvalue weighted by Crippen LogP contribution is -2.31. The van der Waals surface area contributed by atoms with Gasteiger partial charge in [-0.15, -0.1) is 0 Å². The van der Waals surface area contributed by atoms with Crippen molar-refractivity contribution in [2.45, 2.75) is 13.5 Å². The highest BCUT2D eigenvalue weighted by atomic mass is 16.6. The predicted octanol–water partition coefficient (Wildman–Crippen LogP) is -0.183. The minimum atomic E-state index is -1.81. The minimum absolute atomic E-state index is 0.143. The molecule has 0 fully saturated rings. The first-order valence-corrected chi connectivity index (χ1v) is 6.25. The lowest BCUT2D eigenvalue weighted by molar-refractivity contribution is -0.117. The number of hydrogen-bond donors (Lipinski definition) is 4. The summed E-state index contributed by atoms with van der Waals surface area (Å²) < 4.78 is 4.70. The fraction of sp³-hybridized carbons (Fsp3) is 0.308.